The van der Waals surface area contributed by atoms with E-state index in [-0.39, 0.29) is 18.3 Å². The highest BCUT2D eigenvalue weighted by Crippen LogP contribution is 2.31. The molecule has 0 aliphatic carbocycles. The Balaban J connectivity index is 1.78. The van der Waals surface area contributed by atoms with Crippen LogP contribution >= 0.6 is 11.3 Å². The summed E-state index contributed by atoms with van der Waals surface area (Å²) >= 11 is 1.25. The van der Waals surface area contributed by atoms with E-state index in [2.05, 4.69) is 0 Å². The van der Waals surface area contributed by atoms with Gasteiger partial charge in [-0.3, -0.25) is 4.79 Å². The van der Waals surface area contributed by atoms with Crippen molar-refractivity contribution in [2.45, 2.75) is 29.4 Å². The van der Waals surface area contributed by atoms with Gasteiger partial charge in [-0.15, -0.1) is 11.3 Å². The standard InChI is InChI=1S/C18H21NO4S2/c1-23-17(20)12-14-5-2-6-15(11-14)16-7-3-9-19(13-16)25(21,22)18-8-4-10-24-18/h2,4-6,8,10-11,16H,3,7,9,12-13H2,1H3. The van der Waals surface area contributed by atoms with E-state index >= 15 is 0 Å². The van der Waals surface area contributed by atoms with Gasteiger partial charge in [0, 0.05) is 13.1 Å². The molecule has 1 unspecified atom stereocenters. The van der Waals surface area contributed by atoms with Crippen molar-refractivity contribution in [1.82, 2.24) is 4.31 Å². The molecule has 0 saturated carbocycles. The van der Waals surface area contributed by atoms with Crippen molar-refractivity contribution < 1.29 is 17.9 Å². The second kappa shape index (κ2) is 7.68. The van der Waals surface area contributed by atoms with Gasteiger partial charge in [-0.2, -0.15) is 4.31 Å². The van der Waals surface area contributed by atoms with Crippen LogP contribution in [-0.2, 0) is 26.0 Å². The van der Waals surface area contributed by atoms with Gasteiger partial charge in [0.1, 0.15) is 4.21 Å². The fourth-order valence-electron chi connectivity index (χ4n) is 3.17. The molecule has 0 spiro atoms. The Kier molecular flexibility index (Phi) is 5.56. The average molecular weight is 380 g/mol. The molecule has 1 saturated heterocycles. The molecule has 0 bridgehead atoms. The molecule has 1 aliphatic heterocycles. The zero-order valence-corrected chi connectivity index (χ0v) is 15.7. The highest BCUT2D eigenvalue weighted by Gasteiger charge is 2.31. The molecule has 2 aromatic rings. The SMILES string of the molecule is COC(=O)Cc1cccc(C2CCCN(S(=O)(=O)c3cccs3)C2)c1. The number of sulfonamides is 1. The van der Waals surface area contributed by atoms with Gasteiger partial charge >= 0.3 is 5.97 Å². The molecule has 3 rings (SSSR count). The first-order valence-corrected chi connectivity index (χ1v) is 10.5. The van der Waals surface area contributed by atoms with E-state index in [0.717, 1.165) is 24.0 Å². The van der Waals surface area contributed by atoms with Gasteiger partial charge in [-0.25, -0.2) is 8.42 Å². The lowest BCUT2D eigenvalue weighted by Gasteiger charge is -2.32. The van der Waals surface area contributed by atoms with Crippen LogP contribution in [0, 0.1) is 0 Å². The Bertz CT molecular complexity index is 831. The van der Waals surface area contributed by atoms with E-state index < -0.39 is 10.0 Å². The van der Waals surface area contributed by atoms with Crippen molar-refractivity contribution in [3.8, 4) is 0 Å². The van der Waals surface area contributed by atoms with E-state index in [0.29, 0.717) is 17.3 Å². The normalized spacial score (nSPS) is 18.8. The Hall–Kier alpha value is -1.70. The van der Waals surface area contributed by atoms with Gasteiger partial charge in [-0.1, -0.05) is 30.3 Å². The lowest BCUT2D eigenvalue weighted by molar-refractivity contribution is -0.139. The third-order valence-electron chi connectivity index (χ3n) is 4.47. The highest BCUT2D eigenvalue weighted by molar-refractivity contribution is 7.91. The molecule has 1 aromatic carbocycles. The van der Waals surface area contributed by atoms with Crippen molar-refractivity contribution in [3.63, 3.8) is 0 Å². The van der Waals surface area contributed by atoms with Crippen LogP contribution in [0.15, 0.2) is 46.0 Å². The maximum absolute atomic E-state index is 12.8. The predicted octanol–water partition coefficient (Wildman–Crippen LogP) is 3.03. The number of carbonyl (C=O) groups excluding carboxylic acids is 1. The molecule has 25 heavy (non-hydrogen) atoms. The van der Waals surface area contributed by atoms with Gasteiger partial charge in [0.15, 0.2) is 0 Å². The van der Waals surface area contributed by atoms with Crippen LogP contribution in [0.5, 0.6) is 0 Å². The molecule has 0 N–H and O–H groups in total. The van der Waals surface area contributed by atoms with Crippen molar-refractivity contribution in [3.05, 3.63) is 52.9 Å². The molecule has 134 valence electrons. The topological polar surface area (TPSA) is 63.7 Å². The number of hydrogen-bond donors (Lipinski definition) is 0. The van der Waals surface area contributed by atoms with E-state index in [1.165, 1.54) is 18.4 Å². The molecule has 1 atom stereocenters. The summed E-state index contributed by atoms with van der Waals surface area (Å²) in [7, 11) is -2.04. The molecule has 0 radical (unpaired) electrons. The van der Waals surface area contributed by atoms with Crippen LogP contribution in [0.25, 0.3) is 0 Å². The number of carbonyl (C=O) groups is 1. The Morgan fingerprint density at radius 3 is 2.88 bits per heavy atom. The molecule has 5 nitrogen and oxygen atoms in total. The summed E-state index contributed by atoms with van der Waals surface area (Å²) in [5.41, 5.74) is 1.97. The first-order valence-electron chi connectivity index (χ1n) is 8.20. The van der Waals surface area contributed by atoms with E-state index in [1.54, 1.807) is 21.8 Å². The van der Waals surface area contributed by atoms with Crippen LogP contribution in [0.2, 0.25) is 0 Å². The Morgan fingerprint density at radius 2 is 2.16 bits per heavy atom. The summed E-state index contributed by atoms with van der Waals surface area (Å²) in [6, 6.07) is 11.2. The summed E-state index contributed by atoms with van der Waals surface area (Å²) in [4.78, 5) is 11.5. The number of methoxy groups -OCH3 is 1. The molecule has 1 aromatic heterocycles. The number of hydrogen-bond acceptors (Lipinski definition) is 5. The van der Waals surface area contributed by atoms with Crippen molar-refractivity contribution in [2.24, 2.45) is 0 Å². The minimum absolute atomic E-state index is 0.140. The van der Waals surface area contributed by atoms with Crippen LogP contribution in [0.1, 0.15) is 29.9 Å². The van der Waals surface area contributed by atoms with Gasteiger partial charge in [-0.05, 0) is 41.3 Å². The number of esters is 1. The lowest BCUT2D eigenvalue weighted by atomic mass is 9.90. The molecule has 0 amide bonds. The van der Waals surface area contributed by atoms with Crippen LogP contribution in [0.3, 0.4) is 0 Å². The first kappa shape index (κ1) is 18.1. The number of ether oxygens (including phenoxy) is 1. The molecule has 1 aliphatic rings. The minimum Gasteiger partial charge on any atom is -0.469 e. The van der Waals surface area contributed by atoms with E-state index in [1.807, 2.05) is 24.3 Å². The zero-order chi connectivity index (χ0) is 17.9. The second-order valence-electron chi connectivity index (χ2n) is 6.13. The fourth-order valence-corrected chi connectivity index (χ4v) is 5.83. The summed E-state index contributed by atoms with van der Waals surface area (Å²) in [5.74, 6) is -0.135. The molecule has 2 heterocycles. The van der Waals surface area contributed by atoms with Gasteiger partial charge in [0.2, 0.25) is 0 Å². The third kappa shape index (κ3) is 4.11. The van der Waals surface area contributed by atoms with Crippen molar-refractivity contribution in [2.75, 3.05) is 20.2 Å². The summed E-state index contributed by atoms with van der Waals surface area (Å²) < 4.78 is 32.2. The average Bonchev–Trinajstić information content (AvgIpc) is 3.17. The van der Waals surface area contributed by atoms with Crippen LogP contribution < -0.4 is 0 Å². The third-order valence-corrected chi connectivity index (χ3v) is 7.71. The van der Waals surface area contributed by atoms with Gasteiger partial charge in [0.05, 0.1) is 13.5 Å². The van der Waals surface area contributed by atoms with Crippen LogP contribution in [0.4, 0.5) is 0 Å². The zero-order valence-electron chi connectivity index (χ0n) is 14.1. The summed E-state index contributed by atoms with van der Waals surface area (Å²) in [6.07, 6.45) is 2.00. The Labute approximate surface area is 152 Å². The molecular weight excluding hydrogens is 358 g/mol. The summed E-state index contributed by atoms with van der Waals surface area (Å²) in [6.45, 7) is 1.03. The van der Waals surface area contributed by atoms with Crippen LogP contribution in [-0.4, -0.2) is 38.9 Å². The number of rotatable bonds is 5. The fraction of sp³-hybridized carbons (Fsp3) is 0.389. The van der Waals surface area contributed by atoms with E-state index in [4.69, 9.17) is 4.74 Å². The largest absolute Gasteiger partial charge is 0.469 e. The number of thiophene rings is 1. The monoisotopic (exact) mass is 379 g/mol. The maximum Gasteiger partial charge on any atom is 0.309 e. The lowest BCUT2D eigenvalue weighted by Crippen LogP contribution is -2.38. The molecule has 1 fully saturated rings. The highest BCUT2D eigenvalue weighted by atomic mass is 32.2. The maximum atomic E-state index is 12.8. The Morgan fingerprint density at radius 1 is 1.32 bits per heavy atom. The first-order chi connectivity index (χ1) is 12.0. The second-order valence-corrected chi connectivity index (χ2v) is 9.24. The number of benzene rings is 1. The minimum atomic E-state index is -3.41. The summed E-state index contributed by atoms with van der Waals surface area (Å²) in [5, 5.41) is 1.78. The number of nitrogens with zero attached hydrogens (tertiary/aromatic N) is 1. The number of piperidine rings is 1. The smallest absolute Gasteiger partial charge is 0.309 e. The molecule has 7 heteroatoms. The van der Waals surface area contributed by atoms with Gasteiger partial charge < -0.3 is 4.74 Å². The van der Waals surface area contributed by atoms with Gasteiger partial charge in [0.25, 0.3) is 10.0 Å². The van der Waals surface area contributed by atoms with Crippen molar-refractivity contribution in [1.29, 1.82) is 0 Å². The van der Waals surface area contributed by atoms with Crippen molar-refractivity contribution >= 4 is 27.3 Å². The van der Waals surface area contributed by atoms with E-state index in [9.17, 15) is 13.2 Å². The quantitative estimate of drug-likeness (QED) is 0.749. The molecular formula is C18H21NO4S2. The predicted molar refractivity (Wildman–Crippen MR) is 97.2 cm³/mol.